The van der Waals surface area contributed by atoms with Crippen molar-refractivity contribution in [1.82, 2.24) is 19.9 Å². The van der Waals surface area contributed by atoms with Gasteiger partial charge >= 0.3 is 6.01 Å². The monoisotopic (exact) mass is 591 g/mol. The summed E-state index contributed by atoms with van der Waals surface area (Å²) in [5.41, 5.74) is -0.265. The van der Waals surface area contributed by atoms with Gasteiger partial charge in [0.05, 0.1) is 16.5 Å². The van der Waals surface area contributed by atoms with Crippen molar-refractivity contribution < 1.29 is 23.0 Å². The van der Waals surface area contributed by atoms with Crippen LogP contribution >= 0.6 is 0 Å². The Labute approximate surface area is 248 Å². The number of β-amino-alcohol motifs (C(OH)–C–C–N with tert-alkyl or cyclic N) is 1. The number of ether oxygens (including phenoxy) is 1. The van der Waals surface area contributed by atoms with Crippen LogP contribution in [0.15, 0.2) is 36.5 Å². The molecule has 7 nitrogen and oxygen atoms in total. The number of fused-ring (bicyclic) bond motifs is 3. The number of nitrogens with zero attached hydrogens (tertiary/aromatic N) is 5. The van der Waals surface area contributed by atoms with Crippen molar-refractivity contribution in [2.45, 2.75) is 69.7 Å². The van der Waals surface area contributed by atoms with E-state index < -0.39 is 23.1 Å². The molecule has 3 saturated heterocycles. The number of piperidine rings is 1. The first kappa shape index (κ1) is 28.3. The number of halogens is 3. The van der Waals surface area contributed by atoms with Crippen LogP contribution in [-0.4, -0.2) is 75.1 Å². The quantitative estimate of drug-likeness (QED) is 0.295. The fourth-order valence-electron chi connectivity index (χ4n) is 7.54. The summed E-state index contributed by atoms with van der Waals surface area (Å²) >= 11 is 0. The zero-order valence-electron chi connectivity index (χ0n) is 24.5. The lowest BCUT2D eigenvalue weighted by molar-refractivity contribution is 0.0447. The molecule has 0 aliphatic carbocycles. The van der Waals surface area contributed by atoms with Crippen molar-refractivity contribution in [2.24, 2.45) is 0 Å². The third-order valence-corrected chi connectivity index (χ3v) is 9.55. The van der Waals surface area contributed by atoms with Crippen molar-refractivity contribution in [3.63, 3.8) is 0 Å². The summed E-state index contributed by atoms with van der Waals surface area (Å²) < 4.78 is 52.2. The van der Waals surface area contributed by atoms with Crippen molar-refractivity contribution in [3.05, 3.63) is 53.7 Å². The van der Waals surface area contributed by atoms with Gasteiger partial charge in [-0.25, -0.2) is 13.2 Å². The lowest BCUT2D eigenvalue weighted by Crippen LogP contribution is -2.46. The van der Waals surface area contributed by atoms with Gasteiger partial charge in [-0.05, 0) is 68.0 Å². The summed E-state index contributed by atoms with van der Waals surface area (Å²) in [6.07, 6.45) is 4.65. The molecule has 2 aromatic heterocycles. The molecule has 1 N–H and O–H groups in total. The minimum Gasteiger partial charge on any atom is -0.461 e. The lowest BCUT2D eigenvalue weighted by atomic mass is 9.94. The summed E-state index contributed by atoms with van der Waals surface area (Å²) in [6.45, 7) is 6.01. The molecule has 3 fully saturated rings. The highest BCUT2D eigenvalue weighted by Crippen LogP contribution is 2.41. The van der Waals surface area contributed by atoms with E-state index in [1.807, 2.05) is 24.0 Å². The Bertz CT molecular complexity index is 1720. The van der Waals surface area contributed by atoms with Crippen LogP contribution in [0.4, 0.5) is 19.0 Å². The normalized spacial score (nSPS) is 26.0. The first-order valence-electron chi connectivity index (χ1n) is 15.2. The predicted octanol–water partition coefficient (Wildman–Crippen LogP) is 5.99. The number of aromatic nitrogens is 3. The van der Waals surface area contributed by atoms with E-state index >= 15 is 4.39 Å². The Morgan fingerprint density at radius 3 is 2.74 bits per heavy atom. The number of pyridine rings is 1. The van der Waals surface area contributed by atoms with Gasteiger partial charge in [0, 0.05) is 37.8 Å². The third kappa shape index (κ3) is 4.88. The van der Waals surface area contributed by atoms with E-state index in [1.54, 1.807) is 25.3 Å². The van der Waals surface area contributed by atoms with E-state index in [0.29, 0.717) is 66.6 Å². The van der Waals surface area contributed by atoms with Crippen LogP contribution in [-0.2, 0) is 6.42 Å². The zero-order valence-corrected chi connectivity index (χ0v) is 24.5. The first-order valence-corrected chi connectivity index (χ1v) is 15.2. The van der Waals surface area contributed by atoms with Crippen LogP contribution in [0.5, 0.6) is 6.01 Å². The Hall–Kier alpha value is -3.50. The maximum Gasteiger partial charge on any atom is 0.319 e. The van der Waals surface area contributed by atoms with Crippen LogP contribution in [0, 0.1) is 11.6 Å². The molecular formula is C33H36F3N5O2. The minimum atomic E-state index is -0.935. The van der Waals surface area contributed by atoms with Gasteiger partial charge in [0.2, 0.25) is 0 Å². The van der Waals surface area contributed by atoms with Gasteiger partial charge in [0.15, 0.2) is 5.82 Å². The number of aliphatic hydroxyl groups is 1. The highest BCUT2D eigenvalue weighted by Gasteiger charge is 2.49. The van der Waals surface area contributed by atoms with E-state index in [-0.39, 0.29) is 29.6 Å². The Balaban J connectivity index is 1.37. The maximum absolute atomic E-state index is 16.7. The van der Waals surface area contributed by atoms with Crippen molar-refractivity contribution in [1.29, 1.82) is 0 Å². The molecule has 2 aromatic carbocycles. The number of anilines is 1. The molecule has 0 radical (unpaired) electrons. The van der Waals surface area contributed by atoms with Gasteiger partial charge in [-0.2, -0.15) is 9.97 Å². The first-order chi connectivity index (χ1) is 20.7. The van der Waals surface area contributed by atoms with E-state index in [1.165, 1.54) is 6.07 Å². The van der Waals surface area contributed by atoms with Crippen LogP contribution < -0.4 is 9.64 Å². The van der Waals surface area contributed by atoms with Gasteiger partial charge in [-0.15, -0.1) is 0 Å². The number of aryl methyl sites for hydroxylation is 1. The predicted molar refractivity (Wildman–Crippen MR) is 160 cm³/mol. The summed E-state index contributed by atoms with van der Waals surface area (Å²) in [7, 11) is 0. The SMILES string of the molecule is CCc1c(F)ccc2cccc(-c3ncc4c(N5CCC[C@](C)(O)C5)nc(OC[C@@]56CCCN5C[C@H](F)C6)nc4c3F)c12. The summed E-state index contributed by atoms with van der Waals surface area (Å²) in [5, 5.41) is 12.7. The Morgan fingerprint density at radius 1 is 1.09 bits per heavy atom. The standard InChI is InChI=1S/C33H36F3N5O2/c1-3-22-25(35)10-9-20-7-4-8-23(26(20)22)28-27(36)29-24(16-37-28)30(40-13-5-11-32(2,42)18-40)39-31(38-29)43-19-33-12-6-14-41(33)17-21(34)15-33/h4,7-10,16,21,42H,3,5-6,11-15,17-19H2,1-2H3/t21-,32+,33+/m1/s1. The van der Waals surface area contributed by atoms with Gasteiger partial charge in [-0.3, -0.25) is 9.88 Å². The minimum absolute atomic E-state index is 0.00510. The summed E-state index contributed by atoms with van der Waals surface area (Å²) in [6, 6.07) is 8.57. The van der Waals surface area contributed by atoms with Gasteiger partial charge in [0.25, 0.3) is 0 Å². The number of hydrogen-bond acceptors (Lipinski definition) is 7. The molecular weight excluding hydrogens is 555 g/mol. The second-order valence-electron chi connectivity index (χ2n) is 12.7. The second-order valence-corrected chi connectivity index (χ2v) is 12.7. The molecule has 5 heterocycles. The van der Waals surface area contributed by atoms with E-state index in [0.717, 1.165) is 31.2 Å². The largest absolute Gasteiger partial charge is 0.461 e. The molecule has 0 spiro atoms. The molecule has 7 rings (SSSR count). The van der Waals surface area contributed by atoms with E-state index in [2.05, 4.69) is 14.9 Å². The van der Waals surface area contributed by atoms with Crippen LogP contribution in [0.25, 0.3) is 32.9 Å². The maximum atomic E-state index is 16.7. The molecule has 43 heavy (non-hydrogen) atoms. The van der Waals surface area contributed by atoms with Gasteiger partial charge in [-0.1, -0.05) is 31.2 Å². The fourth-order valence-corrected chi connectivity index (χ4v) is 7.54. The fraction of sp³-hybridized carbons (Fsp3) is 0.485. The Kier molecular flexibility index (Phi) is 6.97. The van der Waals surface area contributed by atoms with Crippen LogP contribution in [0.1, 0.15) is 51.5 Å². The Morgan fingerprint density at radius 2 is 1.93 bits per heavy atom. The molecule has 4 aromatic rings. The van der Waals surface area contributed by atoms with Crippen LogP contribution in [0.3, 0.4) is 0 Å². The molecule has 3 aliphatic heterocycles. The molecule has 3 atom stereocenters. The summed E-state index contributed by atoms with van der Waals surface area (Å²) in [5.74, 6) is -0.561. The molecule has 0 bridgehead atoms. The topological polar surface area (TPSA) is 74.6 Å². The molecule has 0 saturated carbocycles. The van der Waals surface area contributed by atoms with Crippen molar-refractivity contribution in [2.75, 3.05) is 37.7 Å². The second kappa shape index (κ2) is 10.6. The molecule has 0 amide bonds. The van der Waals surface area contributed by atoms with Gasteiger partial charge in [0.1, 0.15) is 35.6 Å². The third-order valence-electron chi connectivity index (χ3n) is 9.55. The highest BCUT2D eigenvalue weighted by atomic mass is 19.1. The average Bonchev–Trinajstić information content (AvgIpc) is 3.51. The number of rotatable bonds is 6. The lowest BCUT2D eigenvalue weighted by Gasteiger charge is -2.38. The van der Waals surface area contributed by atoms with E-state index in [4.69, 9.17) is 9.72 Å². The average molecular weight is 592 g/mol. The molecule has 0 unspecified atom stereocenters. The number of alkyl halides is 1. The molecule has 3 aliphatic rings. The molecule has 10 heteroatoms. The zero-order chi connectivity index (χ0) is 29.9. The smallest absolute Gasteiger partial charge is 0.319 e. The van der Waals surface area contributed by atoms with Gasteiger partial charge < -0.3 is 14.7 Å². The highest BCUT2D eigenvalue weighted by molar-refractivity contribution is 6.00. The van der Waals surface area contributed by atoms with Crippen molar-refractivity contribution in [3.8, 4) is 17.3 Å². The summed E-state index contributed by atoms with van der Waals surface area (Å²) in [4.78, 5) is 17.9. The molecule has 226 valence electrons. The van der Waals surface area contributed by atoms with Crippen molar-refractivity contribution >= 4 is 27.5 Å². The number of benzene rings is 2. The number of hydrogen-bond donors (Lipinski definition) is 1. The van der Waals surface area contributed by atoms with E-state index in [9.17, 15) is 13.9 Å². The van der Waals surface area contributed by atoms with Crippen LogP contribution in [0.2, 0.25) is 0 Å².